The third-order valence-electron chi connectivity index (χ3n) is 4.36. The molecule has 144 valence electrons. The number of nitrogens with zero attached hydrogens (tertiary/aromatic N) is 5. The van der Waals surface area contributed by atoms with Crippen LogP contribution in [0.2, 0.25) is 0 Å². The number of pyridine rings is 1. The minimum absolute atomic E-state index is 0.0123. The fourth-order valence-corrected chi connectivity index (χ4v) is 3.17. The van der Waals surface area contributed by atoms with Crippen molar-refractivity contribution in [2.24, 2.45) is 0 Å². The number of likely N-dealkylation sites (tertiary alicyclic amines) is 1. The summed E-state index contributed by atoms with van der Waals surface area (Å²) < 4.78 is 15.5. The zero-order chi connectivity index (χ0) is 19.6. The van der Waals surface area contributed by atoms with Gasteiger partial charge in [-0.1, -0.05) is 5.21 Å². The molecule has 27 heavy (non-hydrogen) atoms. The van der Waals surface area contributed by atoms with Gasteiger partial charge < -0.3 is 10.2 Å². The van der Waals surface area contributed by atoms with Crippen LogP contribution < -0.4 is 5.32 Å². The molecule has 8 nitrogen and oxygen atoms in total. The lowest BCUT2D eigenvalue weighted by Gasteiger charge is -2.24. The van der Waals surface area contributed by atoms with Crippen LogP contribution in [0.3, 0.4) is 0 Å². The minimum atomic E-state index is -1.09. The molecule has 9 heteroatoms. The maximum atomic E-state index is 14.0. The lowest BCUT2D eigenvalue weighted by atomic mass is 10.1. The van der Waals surface area contributed by atoms with Crippen LogP contribution in [0.5, 0.6) is 0 Å². The summed E-state index contributed by atoms with van der Waals surface area (Å²) in [4.78, 5) is 30.4. The van der Waals surface area contributed by atoms with Crippen molar-refractivity contribution in [2.75, 3.05) is 6.54 Å². The lowest BCUT2D eigenvalue weighted by Crippen LogP contribution is -2.38. The van der Waals surface area contributed by atoms with Gasteiger partial charge in [0.05, 0.1) is 25.3 Å². The van der Waals surface area contributed by atoms with Crippen LogP contribution in [-0.2, 0) is 6.54 Å². The van der Waals surface area contributed by atoms with Crippen LogP contribution in [0.25, 0.3) is 0 Å². The molecule has 2 amide bonds. The topological polar surface area (TPSA) is 93.0 Å². The summed E-state index contributed by atoms with van der Waals surface area (Å²) in [5, 5.41) is 10.6. The Morgan fingerprint density at radius 1 is 1.41 bits per heavy atom. The number of carbonyl (C=O) groups excluding carboxylic acids is 2. The van der Waals surface area contributed by atoms with E-state index in [9.17, 15) is 14.0 Å². The van der Waals surface area contributed by atoms with E-state index in [1.165, 1.54) is 15.8 Å². The van der Waals surface area contributed by atoms with Gasteiger partial charge in [0.1, 0.15) is 6.17 Å². The maximum Gasteiger partial charge on any atom is 0.273 e. The second-order valence-corrected chi connectivity index (χ2v) is 7.08. The van der Waals surface area contributed by atoms with Gasteiger partial charge in [0.15, 0.2) is 5.69 Å². The lowest BCUT2D eigenvalue weighted by molar-refractivity contribution is 0.0714. The summed E-state index contributed by atoms with van der Waals surface area (Å²) in [7, 11) is 0. The number of aromatic nitrogens is 4. The molecule has 0 aromatic carbocycles. The van der Waals surface area contributed by atoms with E-state index in [0.717, 1.165) is 5.69 Å². The Hall–Kier alpha value is -2.84. The summed E-state index contributed by atoms with van der Waals surface area (Å²) in [6, 6.07) is 2.95. The van der Waals surface area contributed by atoms with E-state index in [0.29, 0.717) is 5.56 Å². The van der Waals surface area contributed by atoms with Crippen molar-refractivity contribution in [1.29, 1.82) is 0 Å². The highest BCUT2D eigenvalue weighted by atomic mass is 19.1. The molecular weight excluding hydrogens is 351 g/mol. The number of amides is 2. The van der Waals surface area contributed by atoms with E-state index in [2.05, 4.69) is 20.6 Å². The van der Waals surface area contributed by atoms with Gasteiger partial charge >= 0.3 is 0 Å². The van der Waals surface area contributed by atoms with Crippen molar-refractivity contribution in [2.45, 2.75) is 52.0 Å². The van der Waals surface area contributed by atoms with Crippen LogP contribution in [-0.4, -0.2) is 61.5 Å². The number of halogens is 1. The third kappa shape index (κ3) is 4.47. The number of aryl methyl sites for hydroxylation is 1. The van der Waals surface area contributed by atoms with Crippen LogP contribution in [0, 0.1) is 6.92 Å². The maximum absolute atomic E-state index is 14.0. The third-order valence-corrected chi connectivity index (χ3v) is 4.36. The first-order valence-corrected chi connectivity index (χ1v) is 8.92. The fourth-order valence-electron chi connectivity index (χ4n) is 3.17. The second kappa shape index (κ2) is 7.81. The molecule has 1 fully saturated rings. The van der Waals surface area contributed by atoms with Gasteiger partial charge in [-0.2, -0.15) is 0 Å². The van der Waals surface area contributed by atoms with Crippen molar-refractivity contribution < 1.29 is 14.0 Å². The second-order valence-electron chi connectivity index (χ2n) is 7.08. The van der Waals surface area contributed by atoms with Crippen molar-refractivity contribution >= 4 is 11.8 Å². The first-order chi connectivity index (χ1) is 12.8. The highest BCUT2D eigenvalue weighted by Crippen LogP contribution is 2.24. The van der Waals surface area contributed by atoms with Crippen LogP contribution in [0.15, 0.2) is 24.5 Å². The number of nitrogens with one attached hydrogen (secondary N) is 1. The largest absolute Gasteiger partial charge is 0.348 e. The first kappa shape index (κ1) is 18.9. The van der Waals surface area contributed by atoms with Crippen LogP contribution in [0.4, 0.5) is 4.39 Å². The Morgan fingerprint density at radius 3 is 2.89 bits per heavy atom. The average molecular weight is 374 g/mol. The summed E-state index contributed by atoms with van der Waals surface area (Å²) in [5.74, 6) is -0.547. The first-order valence-electron chi connectivity index (χ1n) is 8.92. The molecule has 0 saturated carbocycles. The highest BCUT2D eigenvalue weighted by Gasteiger charge is 2.36. The molecular formula is C18H23FN6O2. The molecule has 2 aromatic rings. The average Bonchev–Trinajstić information content (AvgIpc) is 3.20. The number of rotatable bonds is 5. The molecule has 3 heterocycles. The Kier molecular flexibility index (Phi) is 5.48. The SMILES string of the molecule is Cc1cc(C(=O)N2C[C@@H](F)C[C@H]2Cn2cc(C(=O)NC(C)C)nn2)ccn1. The van der Waals surface area contributed by atoms with Crippen LogP contribution in [0.1, 0.15) is 46.8 Å². The molecule has 1 aliphatic rings. The summed E-state index contributed by atoms with van der Waals surface area (Å²) in [6.45, 7) is 5.83. The van der Waals surface area contributed by atoms with Gasteiger partial charge in [-0.25, -0.2) is 9.07 Å². The zero-order valence-corrected chi connectivity index (χ0v) is 15.6. The van der Waals surface area contributed by atoms with E-state index >= 15 is 0 Å². The van der Waals surface area contributed by atoms with Crippen molar-refractivity contribution in [3.05, 3.63) is 41.5 Å². The summed E-state index contributed by atoms with van der Waals surface area (Å²) >= 11 is 0. The molecule has 1 aliphatic heterocycles. The Morgan fingerprint density at radius 2 is 2.19 bits per heavy atom. The number of alkyl halides is 1. The molecule has 0 spiro atoms. The van der Waals surface area contributed by atoms with Crippen molar-refractivity contribution in [3.8, 4) is 0 Å². The van der Waals surface area contributed by atoms with Gasteiger partial charge in [0.25, 0.3) is 11.8 Å². The predicted octanol–water partition coefficient (Wildman–Crippen LogP) is 1.37. The number of hydrogen-bond acceptors (Lipinski definition) is 5. The smallest absolute Gasteiger partial charge is 0.273 e. The molecule has 1 N–H and O–H groups in total. The van der Waals surface area contributed by atoms with E-state index in [-0.39, 0.29) is 49.1 Å². The van der Waals surface area contributed by atoms with E-state index < -0.39 is 6.17 Å². The van der Waals surface area contributed by atoms with E-state index in [1.807, 2.05) is 13.8 Å². The van der Waals surface area contributed by atoms with Crippen molar-refractivity contribution in [3.63, 3.8) is 0 Å². The Balaban J connectivity index is 1.72. The number of carbonyl (C=O) groups is 2. The normalized spacial score (nSPS) is 19.5. The number of hydrogen-bond donors (Lipinski definition) is 1. The molecule has 0 aliphatic carbocycles. The van der Waals surface area contributed by atoms with Gasteiger partial charge in [-0.15, -0.1) is 5.10 Å². The summed E-state index contributed by atoms with van der Waals surface area (Å²) in [5.41, 5.74) is 1.41. The molecule has 3 rings (SSSR count). The molecule has 2 atom stereocenters. The Labute approximate surface area is 156 Å². The van der Waals surface area contributed by atoms with Gasteiger partial charge in [-0.05, 0) is 32.9 Å². The molecule has 0 bridgehead atoms. The van der Waals surface area contributed by atoms with Crippen molar-refractivity contribution in [1.82, 2.24) is 30.2 Å². The predicted molar refractivity (Wildman–Crippen MR) is 95.9 cm³/mol. The fraction of sp³-hybridized carbons (Fsp3) is 0.500. The minimum Gasteiger partial charge on any atom is -0.348 e. The standard InChI is InChI=1S/C18H23FN6O2/c1-11(2)21-17(26)16-10-24(23-22-16)9-15-7-14(19)8-25(15)18(27)13-4-5-20-12(3)6-13/h4-6,10-11,14-15H,7-9H2,1-3H3,(H,21,26)/t14-,15-/m0/s1. The van der Waals surface area contributed by atoms with E-state index in [1.54, 1.807) is 25.3 Å². The van der Waals surface area contributed by atoms with Crippen LogP contribution >= 0.6 is 0 Å². The summed E-state index contributed by atoms with van der Waals surface area (Å²) in [6.07, 6.45) is 2.22. The Bertz CT molecular complexity index is 837. The molecule has 2 aromatic heterocycles. The van der Waals surface area contributed by atoms with Gasteiger partial charge in [0, 0.05) is 29.9 Å². The molecule has 0 unspecified atom stereocenters. The van der Waals surface area contributed by atoms with Gasteiger partial charge in [0.2, 0.25) is 0 Å². The zero-order valence-electron chi connectivity index (χ0n) is 15.6. The monoisotopic (exact) mass is 374 g/mol. The van der Waals surface area contributed by atoms with Gasteiger partial charge in [-0.3, -0.25) is 14.6 Å². The highest BCUT2D eigenvalue weighted by molar-refractivity contribution is 5.94. The molecule has 1 saturated heterocycles. The quantitative estimate of drug-likeness (QED) is 0.853. The van der Waals surface area contributed by atoms with E-state index in [4.69, 9.17) is 0 Å². The molecule has 0 radical (unpaired) electrons.